The Morgan fingerprint density at radius 3 is 2.74 bits per heavy atom. The Bertz CT molecular complexity index is 1350. The van der Waals surface area contributed by atoms with Crippen LogP contribution >= 0.6 is 0 Å². The number of hydrogen-bond acceptors (Lipinski definition) is 5. The third kappa shape index (κ3) is 5.75. The van der Waals surface area contributed by atoms with E-state index in [0.717, 1.165) is 68.9 Å². The number of nitrogens with one attached hydrogen (secondary N) is 3. The molecule has 2 aromatic heterocycles. The zero-order valence-corrected chi connectivity index (χ0v) is 22.5. The van der Waals surface area contributed by atoms with E-state index in [-0.39, 0.29) is 28.8 Å². The Kier molecular flexibility index (Phi) is 7.79. The van der Waals surface area contributed by atoms with E-state index in [0.29, 0.717) is 35.7 Å². The van der Waals surface area contributed by atoms with Crippen LogP contribution < -0.4 is 10.9 Å². The quantitative estimate of drug-likeness (QED) is 0.318. The Morgan fingerprint density at radius 2 is 1.95 bits per heavy atom. The zero-order chi connectivity index (χ0) is 26.7. The van der Waals surface area contributed by atoms with Gasteiger partial charge in [-0.25, -0.2) is 4.98 Å². The summed E-state index contributed by atoms with van der Waals surface area (Å²) in [6.07, 6.45) is 9.41. The predicted octanol–water partition coefficient (Wildman–Crippen LogP) is 4.74. The van der Waals surface area contributed by atoms with Crippen LogP contribution in [0.15, 0.2) is 41.3 Å². The van der Waals surface area contributed by atoms with Crippen molar-refractivity contribution in [2.75, 3.05) is 20.1 Å². The van der Waals surface area contributed by atoms with Gasteiger partial charge in [0, 0.05) is 24.3 Å². The second-order valence-corrected chi connectivity index (χ2v) is 11.3. The van der Waals surface area contributed by atoms with Crippen molar-refractivity contribution >= 4 is 22.6 Å². The number of fused-ring (bicyclic) bond motifs is 1. The summed E-state index contributed by atoms with van der Waals surface area (Å²) in [7, 11) is 2.14. The number of imidazole rings is 1. The number of hydrogen-bond donors (Lipinski definition) is 3. The largest absolute Gasteiger partial charge is 0.346 e. The third-order valence-corrected chi connectivity index (χ3v) is 8.62. The van der Waals surface area contributed by atoms with Gasteiger partial charge in [0.25, 0.3) is 5.56 Å². The van der Waals surface area contributed by atoms with Crippen molar-refractivity contribution in [2.45, 2.75) is 70.8 Å². The van der Waals surface area contributed by atoms with Gasteiger partial charge in [-0.1, -0.05) is 38.0 Å². The fourth-order valence-electron chi connectivity index (χ4n) is 5.91. The number of likely N-dealkylation sites (tertiary alicyclic amines) is 1. The molecule has 1 spiro atoms. The van der Waals surface area contributed by atoms with Gasteiger partial charge in [0.2, 0.25) is 5.91 Å². The van der Waals surface area contributed by atoms with Gasteiger partial charge in [-0.15, -0.1) is 0 Å². The van der Waals surface area contributed by atoms with Gasteiger partial charge < -0.3 is 20.2 Å². The van der Waals surface area contributed by atoms with Crippen LogP contribution in [0.25, 0.3) is 22.2 Å². The number of H-pyrrole nitrogens is 2. The SMILES string of the molecule is CCC(=O)CCCCC[C@H](NC(=O)[C@@H]1CC12CCN(C)CC2)c1ncc(-c2cc3ccccc3[nH]c2=O)[nH]1. The van der Waals surface area contributed by atoms with Crippen molar-refractivity contribution in [1.29, 1.82) is 0 Å². The molecule has 1 saturated heterocycles. The molecule has 2 fully saturated rings. The first-order valence-electron chi connectivity index (χ1n) is 14.1. The Balaban J connectivity index is 1.31. The molecule has 0 radical (unpaired) electrons. The molecule has 8 heteroatoms. The topological polar surface area (TPSA) is 111 Å². The summed E-state index contributed by atoms with van der Waals surface area (Å²) in [5, 5.41) is 4.24. The average Bonchev–Trinajstić information content (AvgIpc) is 3.40. The molecule has 3 aromatic rings. The minimum Gasteiger partial charge on any atom is -0.346 e. The van der Waals surface area contributed by atoms with Crippen LogP contribution in [0.3, 0.4) is 0 Å². The van der Waals surface area contributed by atoms with Crippen molar-refractivity contribution in [3.05, 3.63) is 52.7 Å². The predicted molar refractivity (Wildman–Crippen MR) is 149 cm³/mol. The minimum absolute atomic E-state index is 0.0682. The molecular weight excluding hydrogens is 478 g/mol. The lowest BCUT2D eigenvalue weighted by Gasteiger charge is -2.30. The molecule has 1 aromatic carbocycles. The van der Waals surface area contributed by atoms with Gasteiger partial charge in [-0.05, 0) is 75.2 Å². The van der Waals surface area contributed by atoms with E-state index in [4.69, 9.17) is 0 Å². The number of pyridine rings is 1. The van der Waals surface area contributed by atoms with Crippen molar-refractivity contribution < 1.29 is 9.59 Å². The van der Waals surface area contributed by atoms with Gasteiger partial charge in [0.15, 0.2) is 0 Å². The van der Waals surface area contributed by atoms with Gasteiger partial charge in [0.05, 0.1) is 23.5 Å². The fourth-order valence-corrected chi connectivity index (χ4v) is 5.91. The number of carbonyl (C=O) groups is 2. The van der Waals surface area contributed by atoms with Gasteiger partial charge in [0.1, 0.15) is 11.6 Å². The van der Waals surface area contributed by atoms with E-state index >= 15 is 0 Å². The summed E-state index contributed by atoms with van der Waals surface area (Å²) in [5.74, 6) is 1.15. The van der Waals surface area contributed by atoms with Crippen LogP contribution in [0, 0.1) is 11.3 Å². The normalized spacial score (nSPS) is 19.5. The number of aromatic amines is 2. The summed E-state index contributed by atoms with van der Waals surface area (Å²) in [6.45, 7) is 4.00. The molecule has 1 saturated carbocycles. The lowest BCUT2D eigenvalue weighted by atomic mass is 9.91. The highest BCUT2D eigenvalue weighted by molar-refractivity contribution is 5.83. The molecule has 2 atom stereocenters. The molecule has 3 N–H and O–H groups in total. The van der Waals surface area contributed by atoms with Crippen molar-refractivity contribution in [3.8, 4) is 11.3 Å². The number of ketones is 1. The first-order valence-corrected chi connectivity index (χ1v) is 14.1. The van der Waals surface area contributed by atoms with Crippen LogP contribution in [0.1, 0.15) is 76.6 Å². The van der Waals surface area contributed by atoms with Gasteiger partial charge in [-0.2, -0.15) is 0 Å². The van der Waals surface area contributed by atoms with Crippen LogP contribution in [0.5, 0.6) is 0 Å². The molecule has 0 unspecified atom stereocenters. The number of amides is 1. The second-order valence-electron chi connectivity index (χ2n) is 11.3. The van der Waals surface area contributed by atoms with Crippen LogP contribution in [-0.4, -0.2) is 51.7 Å². The van der Waals surface area contributed by atoms with Gasteiger partial charge >= 0.3 is 0 Å². The monoisotopic (exact) mass is 517 g/mol. The van der Waals surface area contributed by atoms with Crippen molar-refractivity contribution in [2.24, 2.45) is 11.3 Å². The molecule has 2 aliphatic rings. The molecule has 1 aliphatic heterocycles. The first-order chi connectivity index (χ1) is 18.4. The maximum Gasteiger partial charge on any atom is 0.257 e. The van der Waals surface area contributed by atoms with E-state index in [2.05, 4.69) is 32.2 Å². The molecular formula is C30H39N5O3. The number of benzene rings is 1. The number of rotatable bonds is 11. The highest BCUT2D eigenvalue weighted by atomic mass is 16.2. The number of carbonyl (C=O) groups excluding carboxylic acids is 2. The number of piperidine rings is 1. The smallest absolute Gasteiger partial charge is 0.257 e. The van der Waals surface area contributed by atoms with Crippen LogP contribution in [-0.2, 0) is 9.59 Å². The van der Waals surface area contributed by atoms with Crippen LogP contribution in [0.2, 0.25) is 0 Å². The standard InChI is InChI=1S/C30H39N5O3/c1-3-21(36)10-5-4-6-12-25(34-29(38)23-18-30(23)13-15-35(2)16-14-30)27-31-19-26(32-27)22-17-20-9-7-8-11-24(20)33-28(22)37/h7-9,11,17,19,23,25H,3-6,10,12-16,18H2,1-2H3,(H,31,32)(H,33,37)(H,34,38)/t23-,25-/m0/s1. The Labute approximate surface area is 223 Å². The third-order valence-electron chi connectivity index (χ3n) is 8.62. The Hall–Kier alpha value is -3.26. The molecule has 38 heavy (non-hydrogen) atoms. The highest BCUT2D eigenvalue weighted by Gasteiger charge is 2.58. The molecule has 202 valence electrons. The van der Waals surface area contributed by atoms with Crippen molar-refractivity contribution in [3.63, 3.8) is 0 Å². The van der Waals surface area contributed by atoms with Crippen LogP contribution in [0.4, 0.5) is 0 Å². The van der Waals surface area contributed by atoms with E-state index in [1.54, 1.807) is 6.20 Å². The first kappa shape index (κ1) is 26.4. The average molecular weight is 518 g/mol. The highest BCUT2D eigenvalue weighted by Crippen LogP contribution is 2.59. The minimum atomic E-state index is -0.262. The number of Topliss-reactive ketones (excluding diaryl/α,β-unsaturated/α-hetero) is 1. The molecule has 8 nitrogen and oxygen atoms in total. The van der Waals surface area contributed by atoms with Crippen molar-refractivity contribution in [1.82, 2.24) is 25.2 Å². The Morgan fingerprint density at radius 1 is 1.16 bits per heavy atom. The summed E-state index contributed by atoms with van der Waals surface area (Å²) in [4.78, 5) is 51.1. The number of nitrogens with zero attached hydrogens (tertiary/aromatic N) is 2. The fraction of sp³-hybridized carbons (Fsp3) is 0.533. The maximum atomic E-state index is 13.4. The molecule has 3 heterocycles. The van der Waals surface area contributed by atoms with E-state index in [1.807, 2.05) is 37.3 Å². The maximum absolute atomic E-state index is 13.4. The summed E-state index contributed by atoms with van der Waals surface area (Å²) in [5.41, 5.74) is 1.94. The molecule has 1 aliphatic carbocycles. The van der Waals surface area contributed by atoms with E-state index in [9.17, 15) is 14.4 Å². The molecule has 5 rings (SSSR count). The lowest BCUT2D eigenvalue weighted by Crippen LogP contribution is -2.36. The number of para-hydroxylation sites is 1. The lowest BCUT2D eigenvalue weighted by molar-refractivity contribution is -0.124. The van der Waals surface area contributed by atoms with E-state index in [1.165, 1.54) is 0 Å². The summed E-state index contributed by atoms with van der Waals surface area (Å²) >= 11 is 0. The van der Waals surface area contributed by atoms with Gasteiger partial charge in [-0.3, -0.25) is 14.4 Å². The number of unbranched alkanes of at least 4 members (excludes halogenated alkanes) is 2. The number of aromatic nitrogens is 3. The molecule has 1 amide bonds. The zero-order valence-electron chi connectivity index (χ0n) is 22.5. The summed E-state index contributed by atoms with van der Waals surface area (Å²) in [6, 6.07) is 9.30. The van der Waals surface area contributed by atoms with E-state index < -0.39 is 0 Å². The summed E-state index contributed by atoms with van der Waals surface area (Å²) < 4.78 is 0. The molecule has 0 bridgehead atoms. The second kappa shape index (κ2) is 11.2.